The number of nitrogens with zero attached hydrogens (tertiary/aromatic N) is 1. The lowest BCUT2D eigenvalue weighted by Crippen LogP contribution is -2.20. The van der Waals surface area contributed by atoms with E-state index in [9.17, 15) is 40.9 Å². The Kier molecular flexibility index (Phi) is 8.74. The first-order chi connectivity index (χ1) is 18.2. The number of amides is 1. The van der Waals surface area contributed by atoms with Gasteiger partial charge in [-0.05, 0) is 60.2 Å². The molecule has 0 unspecified atom stereocenters. The van der Waals surface area contributed by atoms with Crippen LogP contribution in [0.3, 0.4) is 0 Å². The minimum Gasteiger partial charge on any atom is -0.452 e. The molecule has 0 radical (unpaired) electrons. The first-order valence-electron chi connectivity index (χ1n) is 10.6. The maximum Gasteiger partial charge on any atom is 0.331 e. The molecule has 16 heteroatoms. The normalized spacial score (nSPS) is 11.6. The number of nitro groups is 1. The molecule has 4 N–H and O–H groups in total. The average molecular weight is 579 g/mol. The summed E-state index contributed by atoms with van der Waals surface area (Å²) in [5.41, 5.74) is -0.367. The number of rotatable bonds is 10. The quantitative estimate of drug-likeness (QED) is 0.140. The van der Waals surface area contributed by atoms with Gasteiger partial charge in [0.1, 0.15) is 0 Å². The van der Waals surface area contributed by atoms with Crippen LogP contribution in [0.5, 0.6) is 0 Å². The standard InChI is InChI=1S/C23H19FN4O9S2/c24-20-11-6-17(13-21(20)28(31)32)26-22(29)14-37-23(30)12-3-15-1-7-19(8-2-15)39(35,36)27-16-4-9-18(10-5-16)38(25,33)34/h1-13,27H,14H2,(H,26,29)(H2,25,33,34)/b12-3+. The predicted molar refractivity (Wildman–Crippen MR) is 137 cm³/mol. The zero-order chi connectivity index (χ0) is 28.8. The van der Waals surface area contributed by atoms with E-state index in [1.165, 1.54) is 42.5 Å². The third-order valence-corrected chi connectivity index (χ3v) is 7.14. The minimum atomic E-state index is -4.01. The number of nitrogens with two attached hydrogens (primary N) is 1. The molecule has 0 aliphatic rings. The molecule has 0 fully saturated rings. The number of carbonyl (C=O) groups is 2. The molecule has 0 aliphatic heterocycles. The van der Waals surface area contributed by atoms with Gasteiger partial charge in [0.2, 0.25) is 15.8 Å². The first-order valence-corrected chi connectivity index (χ1v) is 13.6. The lowest BCUT2D eigenvalue weighted by Gasteiger charge is -2.09. The highest BCUT2D eigenvalue weighted by Gasteiger charge is 2.17. The molecular weight excluding hydrogens is 559 g/mol. The summed E-state index contributed by atoms with van der Waals surface area (Å²) in [4.78, 5) is 33.3. The SMILES string of the molecule is NS(=O)(=O)c1ccc(NS(=O)(=O)c2ccc(/C=C/C(=O)OCC(=O)Nc3ccc(F)c([N+](=O)[O-])c3)cc2)cc1. The van der Waals surface area contributed by atoms with Gasteiger partial charge in [0, 0.05) is 23.5 Å². The van der Waals surface area contributed by atoms with E-state index in [1.54, 1.807) is 0 Å². The average Bonchev–Trinajstić information content (AvgIpc) is 2.87. The maximum absolute atomic E-state index is 13.4. The van der Waals surface area contributed by atoms with Crippen molar-refractivity contribution in [3.8, 4) is 0 Å². The lowest BCUT2D eigenvalue weighted by molar-refractivity contribution is -0.387. The largest absolute Gasteiger partial charge is 0.452 e. The van der Waals surface area contributed by atoms with E-state index >= 15 is 0 Å². The Morgan fingerprint density at radius 1 is 0.949 bits per heavy atom. The molecule has 0 spiro atoms. The molecule has 204 valence electrons. The molecule has 0 heterocycles. The molecule has 0 saturated heterocycles. The van der Waals surface area contributed by atoms with E-state index in [0.29, 0.717) is 5.56 Å². The Hall–Kier alpha value is -4.67. The van der Waals surface area contributed by atoms with Crippen molar-refractivity contribution in [1.82, 2.24) is 0 Å². The molecule has 0 saturated carbocycles. The Bertz CT molecular complexity index is 1660. The fraction of sp³-hybridized carbons (Fsp3) is 0.0435. The number of benzene rings is 3. The van der Waals surface area contributed by atoms with E-state index < -0.39 is 55.0 Å². The summed E-state index contributed by atoms with van der Waals surface area (Å²) in [6.45, 7) is -0.727. The Morgan fingerprint density at radius 2 is 1.54 bits per heavy atom. The van der Waals surface area contributed by atoms with Crippen molar-refractivity contribution in [3.63, 3.8) is 0 Å². The van der Waals surface area contributed by atoms with E-state index in [-0.39, 0.29) is 21.2 Å². The zero-order valence-corrected chi connectivity index (χ0v) is 21.2. The summed E-state index contributed by atoms with van der Waals surface area (Å²) in [7, 11) is -7.94. The Labute approximate surface area is 221 Å². The van der Waals surface area contributed by atoms with Gasteiger partial charge < -0.3 is 10.1 Å². The van der Waals surface area contributed by atoms with Gasteiger partial charge in [-0.25, -0.2) is 26.8 Å². The van der Waals surface area contributed by atoms with Gasteiger partial charge in [-0.15, -0.1) is 0 Å². The summed E-state index contributed by atoms with van der Waals surface area (Å²) in [5, 5.41) is 18.0. The summed E-state index contributed by atoms with van der Waals surface area (Å²) < 4.78 is 68.2. The van der Waals surface area contributed by atoms with Crippen molar-refractivity contribution in [3.05, 3.63) is 94.3 Å². The summed E-state index contributed by atoms with van der Waals surface area (Å²) in [5.74, 6) is -2.80. The molecule has 3 aromatic rings. The van der Waals surface area contributed by atoms with Gasteiger partial charge >= 0.3 is 11.7 Å². The van der Waals surface area contributed by atoms with Gasteiger partial charge in [0.05, 0.1) is 14.7 Å². The number of nitro benzene ring substituents is 1. The van der Waals surface area contributed by atoms with E-state index in [0.717, 1.165) is 36.4 Å². The molecule has 0 aliphatic carbocycles. The van der Waals surface area contributed by atoms with Crippen molar-refractivity contribution in [1.29, 1.82) is 0 Å². The third-order valence-electron chi connectivity index (χ3n) is 4.81. The second kappa shape index (κ2) is 11.8. The summed E-state index contributed by atoms with van der Waals surface area (Å²) >= 11 is 0. The fourth-order valence-electron chi connectivity index (χ4n) is 2.96. The number of carbonyl (C=O) groups excluding carboxylic acids is 2. The number of nitrogens with one attached hydrogen (secondary N) is 2. The van der Waals surface area contributed by atoms with Gasteiger partial charge in [-0.1, -0.05) is 12.1 Å². The highest BCUT2D eigenvalue weighted by molar-refractivity contribution is 7.92. The molecule has 3 aromatic carbocycles. The van der Waals surface area contributed by atoms with Crippen LogP contribution in [0.1, 0.15) is 5.56 Å². The Morgan fingerprint density at radius 3 is 2.13 bits per heavy atom. The number of anilines is 2. The second-order valence-corrected chi connectivity index (χ2v) is 10.9. The highest BCUT2D eigenvalue weighted by Crippen LogP contribution is 2.22. The van der Waals surface area contributed by atoms with Crippen LogP contribution in [-0.2, 0) is 34.4 Å². The molecular formula is C23H19FN4O9S2. The number of halogens is 1. The lowest BCUT2D eigenvalue weighted by atomic mass is 10.2. The predicted octanol–water partition coefficient (Wildman–Crippen LogP) is 2.38. The number of esters is 1. The maximum atomic E-state index is 13.4. The smallest absolute Gasteiger partial charge is 0.331 e. The first kappa shape index (κ1) is 28.9. The molecule has 39 heavy (non-hydrogen) atoms. The number of sulfonamides is 2. The van der Waals surface area contributed by atoms with Crippen molar-refractivity contribution in [2.75, 3.05) is 16.6 Å². The van der Waals surface area contributed by atoms with E-state index in [1.807, 2.05) is 0 Å². The van der Waals surface area contributed by atoms with Gasteiger partial charge in [0.15, 0.2) is 6.61 Å². The van der Waals surface area contributed by atoms with Crippen molar-refractivity contribution in [2.45, 2.75) is 9.79 Å². The monoisotopic (exact) mass is 578 g/mol. The minimum absolute atomic E-state index is 0.0651. The van der Waals surface area contributed by atoms with Crippen molar-refractivity contribution >= 4 is 55.1 Å². The summed E-state index contributed by atoms with van der Waals surface area (Å²) in [6.07, 6.45) is 2.30. The van der Waals surface area contributed by atoms with Crippen LogP contribution in [0.25, 0.3) is 6.08 Å². The summed E-state index contributed by atoms with van der Waals surface area (Å²) in [6, 6.07) is 12.8. The number of hydrogen-bond acceptors (Lipinski definition) is 9. The van der Waals surface area contributed by atoms with Gasteiger partial charge in [0.25, 0.3) is 15.9 Å². The van der Waals surface area contributed by atoms with Crippen LogP contribution in [0.2, 0.25) is 0 Å². The van der Waals surface area contributed by atoms with Crippen LogP contribution in [-0.4, -0.2) is 40.2 Å². The number of hydrogen-bond donors (Lipinski definition) is 3. The second-order valence-electron chi connectivity index (χ2n) is 7.66. The fourth-order valence-corrected chi connectivity index (χ4v) is 4.54. The van der Waals surface area contributed by atoms with Crippen molar-refractivity contribution in [2.24, 2.45) is 5.14 Å². The molecule has 0 atom stereocenters. The van der Waals surface area contributed by atoms with E-state index in [2.05, 4.69) is 10.0 Å². The third kappa shape index (κ3) is 8.16. The molecule has 1 amide bonds. The molecule has 3 rings (SSSR count). The Balaban J connectivity index is 1.54. The van der Waals surface area contributed by atoms with Gasteiger partial charge in [-0.3, -0.25) is 19.6 Å². The van der Waals surface area contributed by atoms with E-state index in [4.69, 9.17) is 9.88 Å². The van der Waals surface area contributed by atoms with Crippen LogP contribution >= 0.6 is 0 Å². The van der Waals surface area contributed by atoms with Crippen LogP contribution in [0.15, 0.2) is 82.6 Å². The number of ether oxygens (including phenoxy) is 1. The van der Waals surface area contributed by atoms with Crippen LogP contribution in [0.4, 0.5) is 21.5 Å². The molecule has 13 nitrogen and oxygen atoms in total. The topological polar surface area (TPSA) is 205 Å². The van der Waals surface area contributed by atoms with Crippen LogP contribution < -0.4 is 15.2 Å². The highest BCUT2D eigenvalue weighted by atomic mass is 32.2. The van der Waals surface area contributed by atoms with Crippen molar-refractivity contribution < 1.29 is 40.5 Å². The molecule has 0 aromatic heterocycles. The number of primary sulfonamides is 1. The zero-order valence-electron chi connectivity index (χ0n) is 19.6. The molecule has 0 bridgehead atoms. The van der Waals surface area contributed by atoms with Gasteiger partial charge in [-0.2, -0.15) is 4.39 Å². The van der Waals surface area contributed by atoms with Crippen LogP contribution in [0, 0.1) is 15.9 Å².